The first-order valence-electron chi connectivity index (χ1n) is 12.3. The van der Waals surface area contributed by atoms with Crippen LogP contribution in [0.4, 0.5) is 5.69 Å². The number of amides is 1. The smallest absolute Gasteiger partial charge is 0.300 e. The molecule has 0 spiro atoms. The van der Waals surface area contributed by atoms with Crippen molar-refractivity contribution in [2.24, 2.45) is 5.14 Å². The predicted octanol–water partition coefficient (Wildman–Crippen LogP) is 4.75. The number of primary sulfonamides is 1. The summed E-state index contributed by atoms with van der Waals surface area (Å²) in [5, 5.41) is 16.6. The summed E-state index contributed by atoms with van der Waals surface area (Å²) in [6, 6.07) is 22.1. The van der Waals surface area contributed by atoms with Crippen molar-refractivity contribution in [3.63, 3.8) is 0 Å². The van der Waals surface area contributed by atoms with Crippen molar-refractivity contribution < 1.29 is 32.3 Å². The van der Waals surface area contributed by atoms with Gasteiger partial charge in [-0.1, -0.05) is 30.3 Å². The van der Waals surface area contributed by atoms with E-state index >= 15 is 0 Å². The van der Waals surface area contributed by atoms with Crippen LogP contribution in [0.5, 0.6) is 5.75 Å². The Morgan fingerprint density at radius 1 is 0.975 bits per heavy atom. The van der Waals surface area contributed by atoms with Gasteiger partial charge in [0.1, 0.15) is 35.7 Å². The molecule has 0 saturated carbocycles. The molecule has 9 nitrogen and oxygen atoms in total. The molecule has 0 radical (unpaired) electrons. The van der Waals surface area contributed by atoms with Gasteiger partial charge in [0.05, 0.1) is 10.5 Å². The average Bonchev–Trinajstić information content (AvgIpc) is 3.48. The number of carbonyl (C=O) groups excluding carboxylic acids is 2. The third kappa shape index (κ3) is 5.14. The second kappa shape index (κ2) is 10.5. The van der Waals surface area contributed by atoms with Crippen LogP contribution >= 0.6 is 0 Å². The molecule has 0 aliphatic carbocycles. The molecule has 5 rings (SSSR count). The van der Waals surface area contributed by atoms with Crippen molar-refractivity contribution in [2.75, 3.05) is 4.90 Å². The summed E-state index contributed by atoms with van der Waals surface area (Å²) in [6.07, 6.45) is 0. The number of nitrogens with zero attached hydrogens (tertiary/aromatic N) is 1. The summed E-state index contributed by atoms with van der Waals surface area (Å²) in [5.74, 6) is -0.778. The maximum absolute atomic E-state index is 13.3. The lowest BCUT2D eigenvalue weighted by Crippen LogP contribution is -2.29. The molecule has 1 unspecified atom stereocenters. The molecule has 204 valence electrons. The molecular weight excluding hydrogens is 532 g/mol. The summed E-state index contributed by atoms with van der Waals surface area (Å²) in [7, 11) is -3.97. The molecule has 0 bridgehead atoms. The zero-order valence-corrected chi connectivity index (χ0v) is 22.5. The minimum absolute atomic E-state index is 0.150. The van der Waals surface area contributed by atoms with Gasteiger partial charge in [0.25, 0.3) is 11.7 Å². The molecule has 2 heterocycles. The van der Waals surface area contributed by atoms with Crippen LogP contribution in [-0.4, -0.2) is 25.2 Å². The van der Waals surface area contributed by atoms with Gasteiger partial charge in [0.2, 0.25) is 10.0 Å². The van der Waals surface area contributed by atoms with E-state index in [1.54, 1.807) is 37.3 Å². The van der Waals surface area contributed by atoms with Gasteiger partial charge in [0, 0.05) is 11.3 Å². The van der Waals surface area contributed by atoms with Crippen LogP contribution in [0, 0.1) is 13.8 Å². The van der Waals surface area contributed by atoms with Gasteiger partial charge in [0.15, 0.2) is 0 Å². The highest BCUT2D eigenvalue weighted by Crippen LogP contribution is 2.43. The molecule has 1 aromatic heterocycles. The van der Waals surface area contributed by atoms with Crippen molar-refractivity contribution in [3.05, 3.63) is 119 Å². The molecule has 1 amide bonds. The van der Waals surface area contributed by atoms with Crippen LogP contribution in [0.2, 0.25) is 0 Å². The number of ether oxygens (including phenoxy) is 1. The molecule has 3 aromatic carbocycles. The van der Waals surface area contributed by atoms with Crippen LogP contribution < -0.4 is 14.8 Å². The van der Waals surface area contributed by atoms with Crippen molar-refractivity contribution in [1.82, 2.24) is 0 Å². The first-order valence-corrected chi connectivity index (χ1v) is 13.9. The number of Topliss-reactive ketones (excluding diaryl/α,β-unsaturated/α-hetero) is 1. The first kappa shape index (κ1) is 26.9. The molecule has 40 heavy (non-hydrogen) atoms. The molecule has 1 atom stereocenters. The van der Waals surface area contributed by atoms with Gasteiger partial charge in [-0.2, -0.15) is 0 Å². The Morgan fingerprint density at radius 2 is 1.68 bits per heavy atom. The average molecular weight is 559 g/mol. The third-order valence-corrected chi connectivity index (χ3v) is 7.53. The van der Waals surface area contributed by atoms with E-state index in [2.05, 4.69) is 0 Å². The van der Waals surface area contributed by atoms with Crippen molar-refractivity contribution in [1.29, 1.82) is 0 Å². The summed E-state index contributed by atoms with van der Waals surface area (Å²) in [5.41, 5.74) is 2.11. The van der Waals surface area contributed by atoms with E-state index in [1.165, 1.54) is 29.2 Å². The largest absolute Gasteiger partial charge is 0.507 e. The number of hydrogen-bond donors (Lipinski definition) is 2. The number of furan rings is 1. The third-order valence-electron chi connectivity index (χ3n) is 6.60. The molecule has 1 aliphatic rings. The zero-order chi connectivity index (χ0) is 28.6. The number of anilines is 1. The number of rotatable bonds is 7. The van der Waals surface area contributed by atoms with Crippen molar-refractivity contribution >= 4 is 33.2 Å². The highest BCUT2D eigenvalue weighted by Gasteiger charge is 2.48. The SMILES string of the molecule is Cc1ccc(C2/C(=C(/O)c3ccc(OCc4ccccc4)c(C)c3)C(=O)C(=O)N2c2ccc(S(N)(=O)=O)cc2)o1. The van der Waals surface area contributed by atoms with E-state index in [4.69, 9.17) is 14.3 Å². The fourth-order valence-corrected chi connectivity index (χ4v) is 5.13. The lowest BCUT2D eigenvalue weighted by atomic mass is 9.98. The summed E-state index contributed by atoms with van der Waals surface area (Å²) < 4.78 is 35.2. The second-order valence-corrected chi connectivity index (χ2v) is 11.0. The number of nitrogens with two attached hydrogens (primary N) is 1. The Kier molecular flexibility index (Phi) is 7.05. The van der Waals surface area contributed by atoms with E-state index in [0.29, 0.717) is 23.7 Å². The Balaban J connectivity index is 1.54. The number of sulfonamides is 1. The predicted molar refractivity (Wildman–Crippen MR) is 148 cm³/mol. The summed E-state index contributed by atoms with van der Waals surface area (Å²) in [6.45, 7) is 3.89. The minimum Gasteiger partial charge on any atom is -0.507 e. The summed E-state index contributed by atoms with van der Waals surface area (Å²) >= 11 is 0. The number of ketones is 1. The number of aliphatic hydroxyl groups excluding tert-OH is 1. The zero-order valence-electron chi connectivity index (χ0n) is 21.7. The Labute approximate surface area is 231 Å². The summed E-state index contributed by atoms with van der Waals surface area (Å²) in [4.78, 5) is 27.7. The van der Waals surface area contributed by atoms with Crippen LogP contribution in [0.1, 0.15) is 34.3 Å². The molecule has 3 N–H and O–H groups in total. The Hall–Kier alpha value is -4.67. The van der Waals surface area contributed by atoms with Gasteiger partial charge < -0.3 is 14.3 Å². The van der Waals surface area contributed by atoms with Gasteiger partial charge in [-0.3, -0.25) is 14.5 Å². The lowest BCUT2D eigenvalue weighted by Gasteiger charge is -2.23. The number of hydrogen-bond acceptors (Lipinski definition) is 7. The molecule has 1 aliphatic heterocycles. The number of aliphatic hydroxyl groups is 1. The standard InChI is InChI=1S/C30H26N2O7S/c1-18-16-21(9-15-24(18)38-17-20-6-4-3-5-7-20)28(33)26-27(25-14-8-19(2)39-25)32(30(35)29(26)34)22-10-12-23(13-11-22)40(31,36)37/h3-16,27,33H,17H2,1-2H3,(H2,31,36,37)/b28-26-. The van der Waals surface area contributed by atoms with Gasteiger partial charge in [-0.05, 0) is 79.6 Å². The minimum atomic E-state index is -3.97. The van der Waals surface area contributed by atoms with E-state index in [0.717, 1.165) is 11.1 Å². The highest BCUT2D eigenvalue weighted by molar-refractivity contribution is 7.89. The fraction of sp³-hybridized carbons (Fsp3) is 0.133. The molecule has 10 heteroatoms. The van der Waals surface area contributed by atoms with Crippen LogP contribution in [0.25, 0.3) is 5.76 Å². The Morgan fingerprint density at radius 3 is 2.27 bits per heavy atom. The highest BCUT2D eigenvalue weighted by atomic mass is 32.2. The topological polar surface area (TPSA) is 140 Å². The van der Waals surface area contributed by atoms with Crippen LogP contribution in [-0.2, 0) is 26.2 Å². The number of carbonyl (C=O) groups is 2. The first-order chi connectivity index (χ1) is 19.0. The van der Waals surface area contributed by atoms with E-state index in [1.807, 2.05) is 37.3 Å². The second-order valence-electron chi connectivity index (χ2n) is 9.41. The maximum Gasteiger partial charge on any atom is 0.300 e. The monoisotopic (exact) mass is 558 g/mol. The number of aryl methyl sites for hydroxylation is 2. The van der Waals surface area contributed by atoms with Crippen LogP contribution in [0.3, 0.4) is 0 Å². The van der Waals surface area contributed by atoms with Gasteiger partial charge in [-0.25, -0.2) is 13.6 Å². The Bertz CT molecular complexity index is 1740. The normalized spacial score (nSPS) is 16.9. The van der Waals surface area contributed by atoms with E-state index < -0.39 is 27.8 Å². The molecular formula is C30H26N2O7S. The molecule has 1 fully saturated rings. The maximum atomic E-state index is 13.3. The fourth-order valence-electron chi connectivity index (χ4n) is 4.61. The molecule has 4 aromatic rings. The van der Waals surface area contributed by atoms with Crippen molar-refractivity contribution in [2.45, 2.75) is 31.4 Å². The molecule has 1 saturated heterocycles. The lowest BCUT2D eigenvalue weighted by molar-refractivity contribution is -0.132. The van der Waals surface area contributed by atoms with Gasteiger partial charge in [-0.15, -0.1) is 0 Å². The van der Waals surface area contributed by atoms with E-state index in [9.17, 15) is 23.1 Å². The van der Waals surface area contributed by atoms with E-state index in [-0.39, 0.29) is 27.7 Å². The number of benzene rings is 3. The van der Waals surface area contributed by atoms with Crippen LogP contribution in [0.15, 0.2) is 99.8 Å². The van der Waals surface area contributed by atoms with Crippen molar-refractivity contribution in [3.8, 4) is 5.75 Å². The quantitative estimate of drug-likeness (QED) is 0.189. The van der Waals surface area contributed by atoms with Gasteiger partial charge >= 0.3 is 0 Å².